The molecule has 2 atom stereocenters. The van der Waals surface area contributed by atoms with Crippen LogP contribution in [0.2, 0.25) is 0 Å². The van der Waals surface area contributed by atoms with Crippen LogP contribution in [-0.4, -0.2) is 49.3 Å². The lowest BCUT2D eigenvalue weighted by Crippen LogP contribution is -2.29. The third kappa shape index (κ3) is 66.2. The van der Waals surface area contributed by atoms with Gasteiger partial charge in [0, 0.05) is 19.4 Å². The lowest BCUT2D eigenvalue weighted by Gasteiger charge is -2.19. The minimum absolute atomic E-state index is 0.0537. The zero-order chi connectivity index (χ0) is 58.7. The Hall–Kier alpha value is -2.81. The molecule has 0 saturated carbocycles. The fraction of sp³-hybridized carbons (Fsp3) is 0.775. The second-order valence-electron chi connectivity index (χ2n) is 22.7. The van der Waals surface area contributed by atoms with Gasteiger partial charge in [-0.1, -0.05) is 324 Å². The van der Waals surface area contributed by atoms with Gasteiger partial charge in [0.25, 0.3) is 0 Å². The molecule has 0 spiro atoms. The van der Waals surface area contributed by atoms with Crippen molar-refractivity contribution < 1.29 is 37.6 Å². The fourth-order valence-corrected chi connectivity index (χ4v) is 10.6. The first kappa shape index (κ1) is 78.2. The van der Waals surface area contributed by atoms with Gasteiger partial charge in [0.1, 0.15) is 6.61 Å². The molecule has 0 bridgehead atoms. The van der Waals surface area contributed by atoms with Crippen molar-refractivity contribution in [2.24, 2.45) is 5.73 Å². The van der Waals surface area contributed by atoms with Crippen molar-refractivity contribution in [1.82, 2.24) is 0 Å². The van der Waals surface area contributed by atoms with Gasteiger partial charge in [0.15, 0.2) is 6.10 Å². The molecule has 0 aromatic rings. The van der Waals surface area contributed by atoms with Crippen molar-refractivity contribution in [1.29, 1.82) is 0 Å². The van der Waals surface area contributed by atoms with Gasteiger partial charge in [-0.15, -0.1) is 0 Å². The van der Waals surface area contributed by atoms with E-state index in [9.17, 15) is 19.0 Å². The van der Waals surface area contributed by atoms with Crippen LogP contribution in [0.3, 0.4) is 0 Å². The van der Waals surface area contributed by atoms with Crippen LogP contribution < -0.4 is 5.73 Å². The van der Waals surface area contributed by atoms with E-state index >= 15 is 0 Å². The van der Waals surface area contributed by atoms with Crippen LogP contribution in [0.4, 0.5) is 0 Å². The maximum Gasteiger partial charge on any atom is 0.472 e. The highest BCUT2D eigenvalue weighted by Gasteiger charge is 2.26. The number of carbonyl (C=O) groups excluding carboxylic acids is 2. The topological polar surface area (TPSA) is 134 Å². The largest absolute Gasteiger partial charge is 0.472 e. The van der Waals surface area contributed by atoms with Gasteiger partial charge in [-0.2, -0.15) is 0 Å². The number of unbranched alkanes of at least 4 members (excludes halogenated alkanes) is 37. The Kier molecular flexibility index (Phi) is 64.0. The zero-order valence-corrected chi connectivity index (χ0v) is 53.7. The Bertz CT molecular complexity index is 1600. The Labute approximate surface area is 500 Å². The molecule has 81 heavy (non-hydrogen) atoms. The third-order valence-corrected chi connectivity index (χ3v) is 15.8. The SMILES string of the molecule is CC/C=C\C/C=C\C/C=C\C/C=C\C/C=C\C/C=C\C/C=C\CCCCCCCCCCCCCCCCCCCC(=O)OC(COC(=O)CCCCCCCCCCCCCCCCCCCCCCC)COP(=O)(O)OCCN. The van der Waals surface area contributed by atoms with E-state index in [0.29, 0.717) is 6.42 Å². The van der Waals surface area contributed by atoms with Gasteiger partial charge in [-0.25, -0.2) is 4.57 Å². The normalized spacial score (nSPS) is 13.5. The van der Waals surface area contributed by atoms with Crippen LogP contribution in [0, 0.1) is 0 Å². The number of phosphoric acid groups is 1. The Morgan fingerprint density at radius 3 is 1.01 bits per heavy atom. The van der Waals surface area contributed by atoms with E-state index in [2.05, 4.69) is 98.9 Å². The standard InChI is InChI=1S/C71H128NO8P/c1-3-5-7-9-11-13-15-17-19-21-23-25-26-27-28-29-30-31-32-33-34-35-36-37-38-39-40-41-42-44-46-48-50-52-54-56-58-60-62-64-71(74)80-69(68-79-81(75,76)78-66-65-72)67-77-70(73)63-61-59-57-55-53-51-49-47-45-43-24-22-20-18-16-14-12-10-8-6-4-2/h5,7,11,13,17,19,23,25,27-28,30-31,33-34,69H,3-4,6,8-10,12,14-16,18,20-22,24,26,29,32,35-68,72H2,1-2H3,(H,75,76)/b7-5-,13-11-,19-17-,25-23-,28-27-,31-30-,34-33-. The molecule has 0 aromatic heterocycles. The highest BCUT2D eigenvalue weighted by atomic mass is 31.2. The maximum atomic E-state index is 12.8. The molecule has 0 fully saturated rings. The third-order valence-electron chi connectivity index (χ3n) is 14.8. The molecule has 9 nitrogen and oxygen atoms in total. The van der Waals surface area contributed by atoms with Crippen LogP contribution in [0.1, 0.15) is 322 Å². The average molecular weight is 1150 g/mol. The first-order chi connectivity index (χ1) is 39.8. The summed E-state index contributed by atoms with van der Waals surface area (Å²) in [6.07, 6.45) is 88.1. The number of nitrogens with two attached hydrogens (primary N) is 1. The van der Waals surface area contributed by atoms with Gasteiger partial charge in [-0.3, -0.25) is 18.6 Å². The second kappa shape index (κ2) is 66.3. The van der Waals surface area contributed by atoms with Crippen LogP contribution in [0.15, 0.2) is 85.1 Å². The van der Waals surface area contributed by atoms with Crippen LogP contribution in [0.25, 0.3) is 0 Å². The molecule has 0 aliphatic heterocycles. The summed E-state index contributed by atoms with van der Waals surface area (Å²) in [4.78, 5) is 35.3. The van der Waals surface area contributed by atoms with E-state index in [4.69, 9.17) is 24.3 Å². The minimum atomic E-state index is -4.39. The summed E-state index contributed by atoms with van der Waals surface area (Å²) in [5, 5.41) is 0. The maximum absolute atomic E-state index is 12.8. The predicted octanol–water partition coefficient (Wildman–Crippen LogP) is 22.2. The molecule has 0 amide bonds. The summed E-state index contributed by atoms with van der Waals surface area (Å²) in [5.74, 6) is -0.812. The minimum Gasteiger partial charge on any atom is -0.462 e. The molecule has 2 unspecified atom stereocenters. The molecule has 0 aliphatic carbocycles. The van der Waals surface area contributed by atoms with Gasteiger partial charge in [0.2, 0.25) is 0 Å². The number of rotatable bonds is 64. The van der Waals surface area contributed by atoms with E-state index < -0.39 is 26.5 Å². The summed E-state index contributed by atoms with van der Waals surface area (Å²) < 4.78 is 33.2. The van der Waals surface area contributed by atoms with Crippen molar-refractivity contribution in [2.75, 3.05) is 26.4 Å². The van der Waals surface area contributed by atoms with E-state index in [-0.39, 0.29) is 38.6 Å². The van der Waals surface area contributed by atoms with Crippen molar-refractivity contribution in [3.8, 4) is 0 Å². The van der Waals surface area contributed by atoms with Gasteiger partial charge >= 0.3 is 19.8 Å². The monoisotopic (exact) mass is 1150 g/mol. The van der Waals surface area contributed by atoms with Gasteiger partial charge in [0.05, 0.1) is 13.2 Å². The first-order valence-corrected chi connectivity index (χ1v) is 35.6. The van der Waals surface area contributed by atoms with Crippen molar-refractivity contribution in [2.45, 2.75) is 328 Å². The number of phosphoric ester groups is 1. The molecule has 10 heteroatoms. The second-order valence-corrected chi connectivity index (χ2v) is 24.1. The van der Waals surface area contributed by atoms with Gasteiger partial charge < -0.3 is 20.1 Å². The highest BCUT2D eigenvalue weighted by Crippen LogP contribution is 2.43. The van der Waals surface area contributed by atoms with Crippen molar-refractivity contribution in [3.63, 3.8) is 0 Å². The molecule has 3 N–H and O–H groups in total. The number of hydrogen-bond donors (Lipinski definition) is 2. The molecule has 0 rings (SSSR count). The molecule has 0 aliphatic rings. The summed E-state index contributed by atoms with van der Waals surface area (Å²) in [6.45, 7) is 3.68. The number of carbonyl (C=O) groups is 2. The van der Waals surface area contributed by atoms with Gasteiger partial charge in [-0.05, 0) is 70.6 Å². The first-order valence-electron chi connectivity index (χ1n) is 34.1. The van der Waals surface area contributed by atoms with E-state index in [1.165, 1.54) is 205 Å². The highest BCUT2D eigenvalue weighted by molar-refractivity contribution is 7.47. The van der Waals surface area contributed by atoms with E-state index in [1.54, 1.807) is 0 Å². The Balaban J connectivity index is 3.84. The molecule has 470 valence electrons. The molecular weight excluding hydrogens is 1030 g/mol. The average Bonchev–Trinajstić information content (AvgIpc) is 3.46. The summed E-state index contributed by atoms with van der Waals surface area (Å²) in [5.41, 5.74) is 5.40. The number of esters is 2. The van der Waals surface area contributed by atoms with Crippen molar-refractivity contribution in [3.05, 3.63) is 85.1 Å². The molecule has 0 heterocycles. The number of hydrogen-bond acceptors (Lipinski definition) is 8. The summed E-state index contributed by atoms with van der Waals surface area (Å²) >= 11 is 0. The van der Waals surface area contributed by atoms with Crippen LogP contribution >= 0.6 is 7.82 Å². The van der Waals surface area contributed by atoms with E-state index in [0.717, 1.165) is 83.5 Å². The molecule has 0 saturated heterocycles. The fourth-order valence-electron chi connectivity index (χ4n) is 9.80. The zero-order valence-electron chi connectivity index (χ0n) is 52.8. The van der Waals surface area contributed by atoms with Crippen LogP contribution in [0.5, 0.6) is 0 Å². The smallest absolute Gasteiger partial charge is 0.462 e. The number of ether oxygens (including phenoxy) is 2. The lowest BCUT2D eigenvalue weighted by molar-refractivity contribution is -0.161. The number of allylic oxidation sites excluding steroid dienone is 14. The Morgan fingerprint density at radius 2 is 0.679 bits per heavy atom. The molecular formula is C71H128NO8P. The molecule has 0 radical (unpaired) electrons. The van der Waals surface area contributed by atoms with Crippen molar-refractivity contribution >= 4 is 19.8 Å². The predicted molar refractivity (Wildman–Crippen MR) is 349 cm³/mol. The lowest BCUT2D eigenvalue weighted by atomic mass is 10.0. The summed E-state index contributed by atoms with van der Waals surface area (Å²) in [7, 11) is -4.39. The van der Waals surface area contributed by atoms with E-state index in [1.807, 2.05) is 0 Å². The quantitative estimate of drug-likeness (QED) is 0.0264. The summed E-state index contributed by atoms with van der Waals surface area (Å²) in [6, 6.07) is 0. The molecule has 0 aromatic carbocycles. The Morgan fingerprint density at radius 1 is 0.383 bits per heavy atom. The van der Waals surface area contributed by atoms with Crippen LogP contribution in [-0.2, 0) is 32.7 Å².